The molecule has 0 radical (unpaired) electrons. The molecule has 4 rings (SSSR count). The second-order valence-electron chi connectivity index (χ2n) is 7.43. The van der Waals surface area contributed by atoms with Crippen molar-refractivity contribution in [2.45, 2.75) is 38.0 Å². The first-order chi connectivity index (χ1) is 14.3. The standard InChI is InChI=1S/C22H22ClN3O3S/c1-15-13-16(2)26(22(27)24-15)21-14-18(10-11-19(21)23)30(28,29)25-12-6-5-8-17-7-3-4-9-20(17)25/h3-4,7,9-11,13-14H,5-6,8,12H2,1-2H3. The minimum absolute atomic E-state index is 0.0884. The van der Waals surface area contributed by atoms with Crippen LogP contribution in [0.2, 0.25) is 5.02 Å². The fourth-order valence-corrected chi connectivity index (χ4v) is 5.67. The van der Waals surface area contributed by atoms with E-state index in [0.717, 1.165) is 24.8 Å². The number of nitrogens with zero attached hydrogens (tertiary/aromatic N) is 3. The van der Waals surface area contributed by atoms with Crippen LogP contribution in [0, 0.1) is 13.8 Å². The lowest BCUT2D eigenvalue weighted by molar-refractivity contribution is 0.589. The van der Waals surface area contributed by atoms with Crippen LogP contribution >= 0.6 is 11.6 Å². The average Bonchev–Trinajstić information content (AvgIpc) is 2.91. The molecule has 2 heterocycles. The van der Waals surface area contributed by atoms with E-state index in [1.807, 2.05) is 24.3 Å². The Morgan fingerprint density at radius 1 is 1.00 bits per heavy atom. The number of benzene rings is 2. The highest BCUT2D eigenvalue weighted by atomic mass is 35.5. The zero-order chi connectivity index (χ0) is 21.5. The number of sulfonamides is 1. The SMILES string of the molecule is Cc1cc(C)n(-c2cc(S(=O)(=O)N3CCCCc4ccccc43)ccc2Cl)c(=O)n1. The van der Waals surface area contributed by atoms with Crippen molar-refractivity contribution in [1.29, 1.82) is 0 Å². The molecule has 0 unspecified atom stereocenters. The van der Waals surface area contributed by atoms with Crippen LogP contribution < -0.4 is 9.99 Å². The Balaban J connectivity index is 1.87. The largest absolute Gasteiger partial charge is 0.352 e. The molecular weight excluding hydrogens is 422 g/mol. The van der Waals surface area contributed by atoms with Crippen LogP contribution in [0.1, 0.15) is 29.8 Å². The molecular formula is C22H22ClN3O3S. The maximum Gasteiger partial charge on any atom is 0.352 e. The summed E-state index contributed by atoms with van der Waals surface area (Å²) in [6.45, 7) is 3.90. The Labute approximate surface area is 180 Å². The lowest BCUT2D eigenvalue weighted by Crippen LogP contribution is -2.32. The number of aromatic nitrogens is 2. The molecule has 156 valence electrons. The van der Waals surface area contributed by atoms with Crippen LogP contribution in [0.15, 0.2) is 58.2 Å². The van der Waals surface area contributed by atoms with E-state index in [2.05, 4.69) is 4.98 Å². The van der Waals surface area contributed by atoms with E-state index >= 15 is 0 Å². The Morgan fingerprint density at radius 2 is 1.77 bits per heavy atom. The van der Waals surface area contributed by atoms with Gasteiger partial charge in [-0.3, -0.25) is 8.87 Å². The van der Waals surface area contributed by atoms with Gasteiger partial charge in [-0.05, 0) is 69.0 Å². The lowest BCUT2D eigenvalue weighted by atomic mass is 10.1. The molecule has 3 aromatic rings. The molecule has 1 aliphatic heterocycles. The Kier molecular flexibility index (Phi) is 5.42. The van der Waals surface area contributed by atoms with Crippen molar-refractivity contribution in [2.75, 3.05) is 10.8 Å². The summed E-state index contributed by atoms with van der Waals surface area (Å²) < 4.78 is 30.0. The summed E-state index contributed by atoms with van der Waals surface area (Å²) in [5.74, 6) is 0. The summed E-state index contributed by atoms with van der Waals surface area (Å²) in [6, 6.07) is 13.8. The maximum atomic E-state index is 13.6. The van der Waals surface area contributed by atoms with Crippen molar-refractivity contribution in [1.82, 2.24) is 9.55 Å². The number of anilines is 1. The van der Waals surface area contributed by atoms with Gasteiger partial charge in [-0.25, -0.2) is 13.2 Å². The first kappa shape index (κ1) is 20.6. The summed E-state index contributed by atoms with van der Waals surface area (Å²) in [5.41, 5.74) is 2.75. The number of fused-ring (bicyclic) bond motifs is 1. The third-order valence-electron chi connectivity index (χ3n) is 5.30. The van der Waals surface area contributed by atoms with Crippen molar-refractivity contribution in [3.05, 3.63) is 81.0 Å². The Hall–Kier alpha value is -2.64. The first-order valence-corrected chi connectivity index (χ1v) is 11.6. The van der Waals surface area contributed by atoms with E-state index < -0.39 is 15.7 Å². The zero-order valence-electron chi connectivity index (χ0n) is 16.8. The highest BCUT2D eigenvalue weighted by Crippen LogP contribution is 2.33. The van der Waals surface area contributed by atoms with E-state index in [1.165, 1.54) is 27.1 Å². The molecule has 0 saturated carbocycles. The van der Waals surface area contributed by atoms with Gasteiger partial charge in [-0.1, -0.05) is 29.8 Å². The number of hydrogen-bond acceptors (Lipinski definition) is 4. The quantitative estimate of drug-likeness (QED) is 0.612. The third kappa shape index (κ3) is 3.63. The predicted molar refractivity (Wildman–Crippen MR) is 118 cm³/mol. The van der Waals surface area contributed by atoms with Crippen LogP contribution in [0.4, 0.5) is 5.69 Å². The second-order valence-corrected chi connectivity index (χ2v) is 9.70. The molecule has 0 fully saturated rings. The monoisotopic (exact) mass is 443 g/mol. The fraction of sp³-hybridized carbons (Fsp3) is 0.273. The van der Waals surface area contributed by atoms with E-state index in [0.29, 0.717) is 29.3 Å². The summed E-state index contributed by atoms with van der Waals surface area (Å²) in [5, 5.41) is 0.279. The smallest absolute Gasteiger partial charge is 0.266 e. The highest BCUT2D eigenvalue weighted by molar-refractivity contribution is 7.92. The van der Waals surface area contributed by atoms with Gasteiger partial charge in [0.25, 0.3) is 10.0 Å². The summed E-state index contributed by atoms with van der Waals surface area (Å²) >= 11 is 6.36. The molecule has 0 bridgehead atoms. The molecule has 0 amide bonds. The van der Waals surface area contributed by atoms with Crippen LogP contribution in [-0.4, -0.2) is 24.5 Å². The summed E-state index contributed by atoms with van der Waals surface area (Å²) in [4.78, 5) is 16.6. The molecule has 0 spiro atoms. The lowest BCUT2D eigenvalue weighted by Gasteiger charge is -2.25. The average molecular weight is 444 g/mol. The van der Waals surface area contributed by atoms with E-state index in [9.17, 15) is 13.2 Å². The minimum atomic E-state index is -3.84. The van der Waals surface area contributed by atoms with Gasteiger partial charge >= 0.3 is 5.69 Å². The molecule has 2 aromatic carbocycles. The fourth-order valence-electron chi connectivity index (χ4n) is 3.90. The van der Waals surface area contributed by atoms with Crippen LogP contribution in [0.25, 0.3) is 5.69 Å². The molecule has 1 aromatic heterocycles. The molecule has 0 atom stereocenters. The number of hydrogen-bond donors (Lipinski definition) is 0. The van der Waals surface area contributed by atoms with Gasteiger partial charge in [0.05, 0.1) is 21.3 Å². The molecule has 0 saturated heterocycles. The third-order valence-corrected chi connectivity index (χ3v) is 7.43. The molecule has 6 nitrogen and oxygen atoms in total. The van der Waals surface area contributed by atoms with Crippen LogP contribution in [0.3, 0.4) is 0 Å². The van der Waals surface area contributed by atoms with Gasteiger partial charge in [0.2, 0.25) is 0 Å². The minimum Gasteiger partial charge on any atom is -0.266 e. The Bertz CT molecular complexity index is 1290. The van der Waals surface area contributed by atoms with Gasteiger partial charge < -0.3 is 0 Å². The first-order valence-electron chi connectivity index (χ1n) is 9.77. The van der Waals surface area contributed by atoms with Gasteiger partial charge in [-0.2, -0.15) is 4.98 Å². The molecule has 0 aliphatic carbocycles. The number of halogens is 1. The van der Waals surface area contributed by atoms with Gasteiger partial charge in [0.15, 0.2) is 0 Å². The van der Waals surface area contributed by atoms with Crippen LogP contribution in [-0.2, 0) is 16.4 Å². The van der Waals surface area contributed by atoms with Crippen molar-refractivity contribution in [3.8, 4) is 5.69 Å². The number of para-hydroxylation sites is 1. The molecule has 8 heteroatoms. The van der Waals surface area contributed by atoms with Crippen molar-refractivity contribution in [3.63, 3.8) is 0 Å². The summed E-state index contributed by atoms with van der Waals surface area (Å²) in [6.07, 6.45) is 2.55. The van der Waals surface area contributed by atoms with Crippen LogP contribution in [0.5, 0.6) is 0 Å². The van der Waals surface area contributed by atoms with Crippen molar-refractivity contribution >= 4 is 27.3 Å². The normalized spacial score (nSPS) is 14.3. The molecule has 30 heavy (non-hydrogen) atoms. The molecule has 0 N–H and O–H groups in total. The second kappa shape index (κ2) is 7.89. The van der Waals surface area contributed by atoms with E-state index in [-0.39, 0.29) is 9.92 Å². The van der Waals surface area contributed by atoms with Gasteiger partial charge in [-0.15, -0.1) is 0 Å². The predicted octanol–water partition coefficient (Wildman–Crippen LogP) is 4.03. The van der Waals surface area contributed by atoms with Gasteiger partial charge in [0.1, 0.15) is 0 Å². The zero-order valence-corrected chi connectivity index (χ0v) is 18.4. The van der Waals surface area contributed by atoms with E-state index in [1.54, 1.807) is 19.9 Å². The maximum absolute atomic E-state index is 13.6. The number of rotatable bonds is 3. The Morgan fingerprint density at radius 3 is 2.53 bits per heavy atom. The van der Waals surface area contributed by atoms with E-state index in [4.69, 9.17) is 11.6 Å². The summed E-state index contributed by atoms with van der Waals surface area (Å²) in [7, 11) is -3.84. The highest BCUT2D eigenvalue weighted by Gasteiger charge is 2.28. The number of aryl methyl sites for hydroxylation is 3. The van der Waals surface area contributed by atoms with Crippen molar-refractivity contribution in [2.24, 2.45) is 0 Å². The van der Waals surface area contributed by atoms with Gasteiger partial charge in [0, 0.05) is 17.9 Å². The van der Waals surface area contributed by atoms with Crippen molar-refractivity contribution < 1.29 is 8.42 Å². The topological polar surface area (TPSA) is 72.3 Å². The molecule has 1 aliphatic rings.